The molecule has 4 heteroatoms. The molecule has 108 valence electrons. The quantitative estimate of drug-likeness (QED) is 0.635. The first-order chi connectivity index (χ1) is 9.90. The molecule has 0 aliphatic carbocycles. The first-order valence-electron chi connectivity index (χ1n) is 6.94. The van der Waals surface area contributed by atoms with Crippen LogP contribution >= 0.6 is 0 Å². The Morgan fingerprint density at radius 1 is 1.30 bits per heavy atom. The second kappa shape index (κ2) is 8.47. The summed E-state index contributed by atoms with van der Waals surface area (Å²) in [4.78, 5) is 0. The van der Waals surface area contributed by atoms with Crippen LogP contribution in [0.3, 0.4) is 0 Å². The number of ether oxygens (including phenoxy) is 3. The summed E-state index contributed by atoms with van der Waals surface area (Å²) in [6, 6.07) is 7.56. The fourth-order valence-electron chi connectivity index (χ4n) is 2.07. The first-order valence-corrected chi connectivity index (χ1v) is 6.94. The van der Waals surface area contributed by atoms with Crippen LogP contribution in [0.5, 0.6) is 11.5 Å². The monoisotopic (exact) mass is 275 g/mol. The third kappa shape index (κ3) is 4.76. The van der Waals surface area contributed by atoms with Crippen LogP contribution in [0.25, 0.3) is 0 Å². The Morgan fingerprint density at radius 3 is 2.90 bits per heavy atom. The van der Waals surface area contributed by atoms with Gasteiger partial charge in [0.2, 0.25) is 0 Å². The first kappa shape index (κ1) is 14.7. The summed E-state index contributed by atoms with van der Waals surface area (Å²) in [6.07, 6.45) is 2.68. The molecule has 1 saturated heterocycles. The average molecular weight is 275 g/mol. The van der Waals surface area contributed by atoms with E-state index in [0.717, 1.165) is 31.1 Å². The summed E-state index contributed by atoms with van der Waals surface area (Å²) >= 11 is 0. The van der Waals surface area contributed by atoms with Crippen molar-refractivity contribution >= 4 is 0 Å². The Hall–Kier alpha value is -1.70. The Labute approximate surface area is 120 Å². The van der Waals surface area contributed by atoms with E-state index in [9.17, 15) is 0 Å². The standard InChI is InChI=1S/C16H21NO3/c1-18-15-8-2-3-9-16(15)20-11-5-4-10-17-13-14-7-6-12-19-14/h2-3,8-9,14,17H,6-7,10-13H2,1H3. The van der Waals surface area contributed by atoms with Crippen molar-refractivity contribution in [3.8, 4) is 23.3 Å². The van der Waals surface area contributed by atoms with Crippen LogP contribution in [0, 0.1) is 11.8 Å². The predicted molar refractivity (Wildman–Crippen MR) is 78.1 cm³/mol. The summed E-state index contributed by atoms with van der Waals surface area (Å²) in [5.41, 5.74) is 0. The molecule has 0 aromatic heterocycles. The largest absolute Gasteiger partial charge is 0.493 e. The highest BCUT2D eigenvalue weighted by Gasteiger charge is 2.13. The molecule has 0 amide bonds. The summed E-state index contributed by atoms with van der Waals surface area (Å²) in [5.74, 6) is 7.46. The molecule has 1 fully saturated rings. The average Bonchev–Trinajstić information content (AvgIpc) is 3.00. The molecule has 20 heavy (non-hydrogen) atoms. The summed E-state index contributed by atoms with van der Waals surface area (Å²) in [5, 5.41) is 3.27. The number of rotatable bonds is 6. The lowest BCUT2D eigenvalue weighted by molar-refractivity contribution is 0.111. The molecule has 1 unspecified atom stereocenters. The van der Waals surface area contributed by atoms with Crippen LogP contribution < -0.4 is 14.8 Å². The van der Waals surface area contributed by atoms with Crippen molar-refractivity contribution in [2.45, 2.75) is 18.9 Å². The number of para-hydroxylation sites is 2. The van der Waals surface area contributed by atoms with Crippen LogP contribution in [0.4, 0.5) is 0 Å². The molecule has 2 rings (SSSR count). The topological polar surface area (TPSA) is 39.7 Å². The molecule has 1 N–H and O–H groups in total. The lowest BCUT2D eigenvalue weighted by Crippen LogP contribution is -2.26. The number of nitrogens with one attached hydrogen (secondary N) is 1. The van der Waals surface area contributed by atoms with Crippen molar-refractivity contribution in [1.29, 1.82) is 0 Å². The highest BCUT2D eigenvalue weighted by molar-refractivity contribution is 5.39. The highest BCUT2D eigenvalue weighted by Crippen LogP contribution is 2.25. The fourth-order valence-corrected chi connectivity index (χ4v) is 2.07. The molecule has 1 aromatic carbocycles. The van der Waals surface area contributed by atoms with Gasteiger partial charge in [0, 0.05) is 13.2 Å². The van der Waals surface area contributed by atoms with Gasteiger partial charge in [-0.3, -0.25) is 0 Å². The Kier molecular flexibility index (Phi) is 6.22. The third-order valence-corrected chi connectivity index (χ3v) is 3.10. The van der Waals surface area contributed by atoms with Crippen molar-refractivity contribution in [1.82, 2.24) is 5.32 Å². The Balaban J connectivity index is 1.62. The van der Waals surface area contributed by atoms with Crippen molar-refractivity contribution in [2.75, 3.05) is 33.4 Å². The lowest BCUT2D eigenvalue weighted by Gasteiger charge is -2.08. The van der Waals surface area contributed by atoms with Crippen LogP contribution in [0.2, 0.25) is 0 Å². The summed E-state index contributed by atoms with van der Waals surface area (Å²) in [7, 11) is 1.63. The van der Waals surface area contributed by atoms with Crippen LogP contribution in [-0.2, 0) is 4.74 Å². The molecule has 1 aliphatic rings. The zero-order valence-corrected chi connectivity index (χ0v) is 11.9. The minimum atomic E-state index is 0.363. The SMILES string of the molecule is COc1ccccc1OCC#CCNCC1CCCO1. The second-order valence-corrected chi connectivity index (χ2v) is 4.56. The molecular weight excluding hydrogens is 254 g/mol. The van der Waals surface area contributed by atoms with Gasteiger partial charge in [0.1, 0.15) is 6.61 Å². The normalized spacial score (nSPS) is 17.4. The number of benzene rings is 1. The summed E-state index contributed by atoms with van der Waals surface area (Å²) in [6.45, 7) is 2.80. The molecule has 4 nitrogen and oxygen atoms in total. The van der Waals surface area contributed by atoms with Gasteiger partial charge in [0.15, 0.2) is 11.5 Å². The molecule has 1 heterocycles. The van der Waals surface area contributed by atoms with E-state index in [2.05, 4.69) is 17.2 Å². The maximum atomic E-state index is 5.56. The Bertz CT molecular complexity index is 458. The van der Waals surface area contributed by atoms with Crippen molar-refractivity contribution in [3.63, 3.8) is 0 Å². The van der Waals surface area contributed by atoms with Gasteiger partial charge in [-0.05, 0) is 25.0 Å². The van der Waals surface area contributed by atoms with Gasteiger partial charge in [-0.25, -0.2) is 0 Å². The molecule has 0 radical (unpaired) electrons. The van der Waals surface area contributed by atoms with E-state index in [-0.39, 0.29) is 0 Å². The number of hydrogen-bond donors (Lipinski definition) is 1. The molecule has 0 bridgehead atoms. The van der Waals surface area contributed by atoms with E-state index in [0.29, 0.717) is 19.3 Å². The lowest BCUT2D eigenvalue weighted by atomic mass is 10.2. The minimum absolute atomic E-state index is 0.363. The van der Waals surface area contributed by atoms with Gasteiger partial charge < -0.3 is 19.5 Å². The van der Waals surface area contributed by atoms with Gasteiger partial charge in [-0.15, -0.1) is 0 Å². The van der Waals surface area contributed by atoms with Gasteiger partial charge in [-0.1, -0.05) is 24.0 Å². The van der Waals surface area contributed by atoms with Crippen LogP contribution in [-0.4, -0.2) is 39.5 Å². The van der Waals surface area contributed by atoms with Crippen LogP contribution in [0.15, 0.2) is 24.3 Å². The third-order valence-electron chi connectivity index (χ3n) is 3.10. The molecular formula is C16H21NO3. The number of methoxy groups -OCH3 is 1. The molecule has 1 atom stereocenters. The highest BCUT2D eigenvalue weighted by atomic mass is 16.5. The summed E-state index contributed by atoms with van der Waals surface area (Å²) < 4.78 is 16.3. The van der Waals surface area contributed by atoms with Gasteiger partial charge in [-0.2, -0.15) is 0 Å². The molecule has 1 aromatic rings. The maximum absolute atomic E-state index is 5.56. The fraction of sp³-hybridized carbons (Fsp3) is 0.500. The maximum Gasteiger partial charge on any atom is 0.162 e. The van der Waals surface area contributed by atoms with E-state index in [4.69, 9.17) is 14.2 Å². The number of hydrogen-bond acceptors (Lipinski definition) is 4. The van der Waals surface area contributed by atoms with Gasteiger partial charge in [0.25, 0.3) is 0 Å². The van der Waals surface area contributed by atoms with E-state index in [1.807, 2.05) is 24.3 Å². The molecule has 1 aliphatic heterocycles. The Morgan fingerprint density at radius 2 is 2.15 bits per heavy atom. The van der Waals surface area contributed by atoms with Crippen molar-refractivity contribution < 1.29 is 14.2 Å². The van der Waals surface area contributed by atoms with Crippen molar-refractivity contribution in [2.24, 2.45) is 0 Å². The van der Waals surface area contributed by atoms with Crippen LogP contribution in [0.1, 0.15) is 12.8 Å². The predicted octanol–water partition coefficient (Wildman–Crippen LogP) is 1.85. The van der Waals surface area contributed by atoms with E-state index >= 15 is 0 Å². The van der Waals surface area contributed by atoms with E-state index in [1.165, 1.54) is 6.42 Å². The minimum Gasteiger partial charge on any atom is -0.493 e. The van der Waals surface area contributed by atoms with Crippen molar-refractivity contribution in [3.05, 3.63) is 24.3 Å². The second-order valence-electron chi connectivity index (χ2n) is 4.56. The smallest absolute Gasteiger partial charge is 0.162 e. The zero-order chi connectivity index (χ0) is 14.0. The van der Waals surface area contributed by atoms with E-state index in [1.54, 1.807) is 7.11 Å². The van der Waals surface area contributed by atoms with E-state index < -0.39 is 0 Å². The van der Waals surface area contributed by atoms with Gasteiger partial charge in [0.05, 0.1) is 19.8 Å². The molecule has 0 spiro atoms. The zero-order valence-electron chi connectivity index (χ0n) is 11.9. The molecule has 0 saturated carbocycles. The van der Waals surface area contributed by atoms with Gasteiger partial charge >= 0.3 is 0 Å².